The van der Waals surface area contributed by atoms with E-state index in [1.54, 1.807) is 6.92 Å². The van der Waals surface area contributed by atoms with Crippen LogP contribution in [0.1, 0.15) is 31.1 Å². The Hall–Kier alpha value is -2.46. The van der Waals surface area contributed by atoms with Crippen molar-refractivity contribution >= 4 is 32.3 Å². The molecular weight excluding hydrogens is 333 g/mol. The minimum Gasteiger partial charge on any atom is -0.321 e. The molecule has 0 bridgehead atoms. The number of fused-ring (bicyclic) bond motifs is 3. The largest absolute Gasteiger partial charge is 0.321 e. The van der Waals surface area contributed by atoms with Crippen LogP contribution in [-0.4, -0.2) is 4.98 Å². The van der Waals surface area contributed by atoms with Crippen LogP contribution in [0, 0.1) is 0 Å². The van der Waals surface area contributed by atoms with E-state index in [0.717, 1.165) is 38.5 Å². The molecule has 1 N–H and O–H groups in total. The van der Waals surface area contributed by atoms with Gasteiger partial charge in [0.1, 0.15) is 10.9 Å². The summed E-state index contributed by atoms with van der Waals surface area (Å²) in [4.78, 5) is 15.3. The van der Waals surface area contributed by atoms with E-state index in [2.05, 4.69) is 18.0 Å². The molecule has 1 atom stereocenters. The van der Waals surface area contributed by atoms with Gasteiger partial charge < -0.3 is 4.98 Å². The molecule has 2 nitrogen and oxygen atoms in total. The Morgan fingerprint density at radius 2 is 2.04 bits per heavy atom. The number of hydrogen-bond donors (Lipinski definition) is 1. The molecule has 0 aliphatic heterocycles. The molecule has 0 saturated carbocycles. The highest BCUT2D eigenvalue weighted by Gasteiger charge is 2.15. The third kappa shape index (κ3) is 2.57. The number of nitrogens with one attached hydrogen (secondary N) is 1. The first-order chi connectivity index (χ1) is 12.1. The van der Waals surface area contributed by atoms with Gasteiger partial charge in [-0.1, -0.05) is 31.2 Å². The van der Waals surface area contributed by atoms with Gasteiger partial charge in [-0.05, 0) is 59.2 Å². The molecule has 2 aromatic heterocycles. The van der Waals surface area contributed by atoms with Gasteiger partial charge in [0.05, 0.1) is 0 Å². The van der Waals surface area contributed by atoms with Crippen LogP contribution in [0.4, 0.5) is 4.39 Å². The minimum absolute atomic E-state index is 0.0566. The summed E-state index contributed by atoms with van der Waals surface area (Å²) >= 11 is 1.45. The first kappa shape index (κ1) is 16.0. The number of aromatic nitrogens is 1. The molecule has 4 rings (SSSR count). The van der Waals surface area contributed by atoms with Crippen LogP contribution in [0.5, 0.6) is 0 Å². The molecule has 0 fully saturated rings. The van der Waals surface area contributed by atoms with Crippen LogP contribution in [0.25, 0.3) is 32.1 Å². The minimum atomic E-state index is -1.01. The number of rotatable bonds is 3. The monoisotopic (exact) mass is 351 g/mol. The van der Waals surface area contributed by atoms with Crippen molar-refractivity contribution in [1.29, 1.82) is 0 Å². The molecule has 126 valence electrons. The van der Waals surface area contributed by atoms with Crippen molar-refractivity contribution in [2.45, 2.75) is 26.4 Å². The first-order valence-corrected chi connectivity index (χ1v) is 9.27. The third-order valence-corrected chi connectivity index (χ3v) is 5.61. The molecule has 0 spiro atoms. The second-order valence-corrected chi connectivity index (χ2v) is 7.15. The fourth-order valence-corrected chi connectivity index (χ4v) is 4.25. The van der Waals surface area contributed by atoms with Crippen molar-refractivity contribution in [3.8, 4) is 11.1 Å². The predicted molar refractivity (Wildman–Crippen MR) is 104 cm³/mol. The molecule has 0 radical (unpaired) electrons. The van der Waals surface area contributed by atoms with E-state index in [-0.39, 0.29) is 5.56 Å². The summed E-state index contributed by atoms with van der Waals surface area (Å²) in [5.41, 5.74) is 4.70. The van der Waals surface area contributed by atoms with Crippen LogP contribution in [0.15, 0.2) is 52.6 Å². The lowest BCUT2D eigenvalue weighted by molar-refractivity contribution is 0.374. The van der Waals surface area contributed by atoms with E-state index in [1.807, 2.05) is 41.8 Å². The zero-order valence-corrected chi connectivity index (χ0v) is 14.9. The number of aryl methyl sites for hydroxylation is 1. The summed E-state index contributed by atoms with van der Waals surface area (Å²) in [6, 6.07) is 13.7. The standard InChI is InChI=1S/C21H18FNOS/c1-3-13-7-8-17-19(16-9-10-25-20(16)21(24)23-17)18(13)15-6-4-5-14(11-15)12(2)22/h4-12H,3H2,1-2H3,(H,23,24). The van der Waals surface area contributed by atoms with Gasteiger partial charge in [-0.25, -0.2) is 4.39 Å². The number of halogens is 1. The van der Waals surface area contributed by atoms with Crippen molar-refractivity contribution in [3.63, 3.8) is 0 Å². The second-order valence-electron chi connectivity index (χ2n) is 6.23. The van der Waals surface area contributed by atoms with Crippen LogP contribution >= 0.6 is 11.3 Å². The molecule has 2 aromatic carbocycles. The van der Waals surface area contributed by atoms with Crippen molar-refractivity contribution in [3.05, 3.63) is 69.3 Å². The molecule has 25 heavy (non-hydrogen) atoms. The van der Waals surface area contributed by atoms with Gasteiger partial charge in [0, 0.05) is 16.3 Å². The third-order valence-electron chi connectivity index (χ3n) is 4.70. The van der Waals surface area contributed by atoms with Gasteiger partial charge in [0.2, 0.25) is 0 Å². The van der Waals surface area contributed by atoms with E-state index in [4.69, 9.17) is 0 Å². The lowest BCUT2D eigenvalue weighted by Gasteiger charge is -2.15. The van der Waals surface area contributed by atoms with Crippen molar-refractivity contribution in [2.24, 2.45) is 0 Å². The highest BCUT2D eigenvalue weighted by molar-refractivity contribution is 7.17. The number of benzene rings is 2. The number of H-pyrrole nitrogens is 1. The van der Waals surface area contributed by atoms with Crippen LogP contribution < -0.4 is 5.56 Å². The van der Waals surface area contributed by atoms with Gasteiger partial charge in [0.15, 0.2) is 0 Å². The molecule has 4 heteroatoms. The van der Waals surface area contributed by atoms with E-state index in [0.29, 0.717) is 5.56 Å². The SMILES string of the molecule is CCc1ccc2[nH]c(=O)c3sccc3c2c1-c1cccc(C(C)F)c1. The molecule has 0 aliphatic carbocycles. The Kier molecular flexibility index (Phi) is 3.92. The fourth-order valence-electron chi connectivity index (χ4n) is 3.46. The number of pyridine rings is 1. The average Bonchev–Trinajstić information content (AvgIpc) is 3.11. The lowest BCUT2D eigenvalue weighted by Crippen LogP contribution is -2.05. The van der Waals surface area contributed by atoms with Crippen LogP contribution in [0.3, 0.4) is 0 Å². The first-order valence-electron chi connectivity index (χ1n) is 8.39. The molecule has 0 saturated heterocycles. The number of hydrogen-bond acceptors (Lipinski definition) is 2. The summed E-state index contributed by atoms with van der Waals surface area (Å²) in [5, 5.41) is 3.95. The van der Waals surface area contributed by atoms with E-state index < -0.39 is 6.17 Å². The molecule has 4 aromatic rings. The second kappa shape index (κ2) is 6.12. The Balaban J connectivity index is 2.16. The normalized spacial score (nSPS) is 12.8. The molecule has 1 unspecified atom stereocenters. The molecule has 2 heterocycles. The maximum atomic E-state index is 13.8. The van der Waals surface area contributed by atoms with Crippen LogP contribution in [-0.2, 0) is 6.42 Å². The van der Waals surface area contributed by atoms with Gasteiger partial charge >= 0.3 is 0 Å². The summed E-state index contributed by atoms with van der Waals surface area (Å²) in [6.07, 6.45) is -0.146. The number of thiophene rings is 1. The average molecular weight is 351 g/mol. The molecular formula is C21H18FNOS. The van der Waals surface area contributed by atoms with Crippen LogP contribution in [0.2, 0.25) is 0 Å². The summed E-state index contributed by atoms with van der Waals surface area (Å²) in [5.74, 6) is 0. The summed E-state index contributed by atoms with van der Waals surface area (Å²) in [7, 11) is 0. The van der Waals surface area contributed by atoms with Gasteiger partial charge in [-0.3, -0.25) is 4.79 Å². The van der Waals surface area contributed by atoms with Crippen molar-refractivity contribution in [1.82, 2.24) is 4.98 Å². The number of aromatic amines is 1. The fraction of sp³-hybridized carbons (Fsp3) is 0.190. The zero-order chi connectivity index (χ0) is 17.6. The van der Waals surface area contributed by atoms with E-state index in [9.17, 15) is 9.18 Å². The quantitative estimate of drug-likeness (QED) is 0.482. The smallest absolute Gasteiger partial charge is 0.266 e. The van der Waals surface area contributed by atoms with E-state index in [1.165, 1.54) is 16.9 Å². The summed E-state index contributed by atoms with van der Waals surface area (Å²) in [6.45, 7) is 3.67. The van der Waals surface area contributed by atoms with E-state index >= 15 is 0 Å². The highest BCUT2D eigenvalue weighted by atomic mass is 32.1. The summed E-state index contributed by atoms with van der Waals surface area (Å²) < 4.78 is 14.6. The van der Waals surface area contributed by atoms with Gasteiger partial charge in [-0.2, -0.15) is 0 Å². The Labute approximate surface area is 148 Å². The Morgan fingerprint density at radius 3 is 2.80 bits per heavy atom. The molecule has 0 aliphatic rings. The van der Waals surface area contributed by atoms with Gasteiger partial charge in [0.25, 0.3) is 5.56 Å². The molecule has 0 amide bonds. The topological polar surface area (TPSA) is 32.9 Å². The van der Waals surface area contributed by atoms with Crippen molar-refractivity contribution in [2.75, 3.05) is 0 Å². The van der Waals surface area contributed by atoms with Gasteiger partial charge in [-0.15, -0.1) is 11.3 Å². The maximum Gasteiger partial charge on any atom is 0.266 e. The number of alkyl halides is 1. The predicted octanol–water partition coefficient (Wildman–Crippen LogP) is 6.00. The zero-order valence-electron chi connectivity index (χ0n) is 14.1. The Morgan fingerprint density at radius 1 is 1.20 bits per heavy atom. The lowest BCUT2D eigenvalue weighted by atomic mass is 9.91. The van der Waals surface area contributed by atoms with Crippen molar-refractivity contribution < 1.29 is 4.39 Å². The Bertz CT molecular complexity index is 1140. The highest BCUT2D eigenvalue weighted by Crippen LogP contribution is 2.37. The maximum absolute atomic E-state index is 13.8.